The van der Waals surface area contributed by atoms with E-state index in [4.69, 9.17) is 5.11 Å². The molecule has 3 heteroatoms. The number of hydrogen-bond acceptors (Lipinski definition) is 2. The summed E-state index contributed by atoms with van der Waals surface area (Å²) in [5, 5.41) is 9.12. The Kier molecular flexibility index (Phi) is 2.74. The molecule has 2 atom stereocenters. The first-order valence-corrected chi connectivity index (χ1v) is 4.78. The van der Waals surface area contributed by atoms with Crippen LogP contribution in [0.5, 0.6) is 0 Å². The first-order valence-electron chi connectivity index (χ1n) is 4.78. The predicted molar refractivity (Wildman–Crippen MR) is 48.4 cm³/mol. The van der Waals surface area contributed by atoms with Crippen LogP contribution in [0.4, 0.5) is 0 Å². The largest absolute Gasteiger partial charge is 0.481 e. The van der Waals surface area contributed by atoms with Gasteiger partial charge in [-0.3, -0.25) is 9.59 Å². The molecule has 0 bridgehead atoms. The van der Waals surface area contributed by atoms with Gasteiger partial charge in [-0.2, -0.15) is 0 Å². The number of hydrogen-bond donors (Lipinski definition) is 1. The molecule has 1 N–H and O–H groups in total. The minimum Gasteiger partial charge on any atom is -0.481 e. The highest BCUT2D eigenvalue weighted by molar-refractivity contribution is 5.87. The van der Waals surface area contributed by atoms with E-state index < -0.39 is 11.4 Å². The van der Waals surface area contributed by atoms with Gasteiger partial charge in [0.15, 0.2) is 0 Å². The lowest BCUT2D eigenvalue weighted by Crippen LogP contribution is -2.42. The summed E-state index contributed by atoms with van der Waals surface area (Å²) in [6, 6.07) is 0. The minimum atomic E-state index is -0.810. The summed E-state index contributed by atoms with van der Waals surface area (Å²) in [6.45, 7) is 3.78. The van der Waals surface area contributed by atoms with Crippen LogP contribution >= 0.6 is 0 Å². The summed E-state index contributed by atoms with van der Waals surface area (Å²) < 4.78 is 0. The van der Waals surface area contributed by atoms with E-state index >= 15 is 0 Å². The van der Waals surface area contributed by atoms with Crippen molar-refractivity contribution < 1.29 is 14.7 Å². The standard InChI is InChI=1S/C10H16O3/c1-3-10(9(12)13)6-8(11)5-4-7(10)2/h7H,3-6H2,1-2H3,(H,12,13)/t7-,10-/m1/s1. The lowest BCUT2D eigenvalue weighted by molar-refractivity contribution is -0.158. The smallest absolute Gasteiger partial charge is 0.310 e. The number of carboxylic acid groups (broad SMARTS) is 1. The first-order chi connectivity index (χ1) is 6.03. The molecule has 0 aromatic rings. The SMILES string of the molecule is CC[C@@]1(C(=O)O)CC(=O)CC[C@H]1C. The Morgan fingerprint density at radius 3 is 2.69 bits per heavy atom. The molecule has 1 fully saturated rings. The van der Waals surface area contributed by atoms with Crippen LogP contribution in [0.2, 0.25) is 0 Å². The number of rotatable bonds is 2. The van der Waals surface area contributed by atoms with Gasteiger partial charge in [-0.05, 0) is 18.8 Å². The third-order valence-corrected chi connectivity index (χ3v) is 3.37. The Hall–Kier alpha value is -0.860. The molecule has 1 rings (SSSR count). The van der Waals surface area contributed by atoms with Crippen LogP contribution in [0.1, 0.15) is 39.5 Å². The molecule has 3 nitrogen and oxygen atoms in total. The van der Waals surface area contributed by atoms with Gasteiger partial charge in [-0.25, -0.2) is 0 Å². The molecule has 0 aromatic heterocycles. The average Bonchev–Trinajstić information content (AvgIpc) is 2.09. The van der Waals surface area contributed by atoms with Crippen LogP contribution in [0.25, 0.3) is 0 Å². The molecular weight excluding hydrogens is 168 g/mol. The maximum Gasteiger partial charge on any atom is 0.310 e. The molecule has 0 spiro atoms. The number of ketones is 1. The van der Waals surface area contributed by atoms with Crippen LogP contribution in [-0.2, 0) is 9.59 Å². The van der Waals surface area contributed by atoms with Gasteiger partial charge in [0.2, 0.25) is 0 Å². The second-order valence-electron chi connectivity index (χ2n) is 3.97. The van der Waals surface area contributed by atoms with Crippen molar-refractivity contribution in [2.45, 2.75) is 39.5 Å². The molecule has 0 aliphatic heterocycles. The summed E-state index contributed by atoms with van der Waals surface area (Å²) in [5.41, 5.74) is -0.782. The van der Waals surface area contributed by atoms with Crippen LogP contribution < -0.4 is 0 Å². The third-order valence-electron chi connectivity index (χ3n) is 3.37. The minimum absolute atomic E-state index is 0.0994. The van der Waals surface area contributed by atoms with Gasteiger partial charge in [0, 0.05) is 12.8 Å². The zero-order chi connectivity index (χ0) is 10.1. The van der Waals surface area contributed by atoms with Crippen molar-refractivity contribution in [3.05, 3.63) is 0 Å². The fourth-order valence-electron chi connectivity index (χ4n) is 2.18. The Morgan fingerprint density at radius 2 is 2.31 bits per heavy atom. The highest BCUT2D eigenvalue weighted by Crippen LogP contribution is 2.42. The summed E-state index contributed by atoms with van der Waals surface area (Å²) >= 11 is 0. The van der Waals surface area contributed by atoms with E-state index in [-0.39, 0.29) is 18.1 Å². The van der Waals surface area contributed by atoms with E-state index in [9.17, 15) is 9.59 Å². The van der Waals surface area contributed by atoms with Crippen molar-refractivity contribution in [1.82, 2.24) is 0 Å². The van der Waals surface area contributed by atoms with Gasteiger partial charge in [-0.15, -0.1) is 0 Å². The number of carbonyl (C=O) groups is 2. The lowest BCUT2D eigenvalue weighted by atomic mass is 9.65. The van der Waals surface area contributed by atoms with E-state index in [1.54, 1.807) is 0 Å². The van der Waals surface area contributed by atoms with Crippen molar-refractivity contribution >= 4 is 11.8 Å². The molecule has 0 saturated heterocycles. The van der Waals surface area contributed by atoms with Gasteiger partial charge in [0.25, 0.3) is 0 Å². The van der Waals surface area contributed by atoms with Gasteiger partial charge in [0.05, 0.1) is 5.41 Å². The molecule has 1 saturated carbocycles. The topological polar surface area (TPSA) is 54.4 Å². The zero-order valence-corrected chi connectivity index (χ0v) is 8.17. The number of aliphatic carboxylic acids is 1. The normalized spacial score (nSPS) is 34.6. The van der Waals surface area contributed by atoms with E-state index in [0.29, 0.717) is 12.8 Å². The van der Waals surface area contributed by atoms with E-state index in [2.05, 4.69) is 0 Å². The summed E-state index contributed by atoms with van der Waals surface area (Å²) in [5.74, 6) is -0.592. The fourth-order valence-corrected chi connectivity index (χ4v) is 2.18. The third kappa shape index (κ3) is 1.60. The van der Waals surface area contributed by atoms with Crippen molar-refractivity contribution in [3.8, 4) is 0 Å². The highest BCUT2D eigenvalue weighted by Gasteiger charge is 2.46. The molecule has 0 unspecified atom stereocenters. The quantitative estimate of drug-likeness (QED) is 0.712. The van der Waals surface area contributed by atoms with Crippen LogP contribution in [-0.4, -0.2) is 16.9 Å². The van der Waals surface area contributed by atoms with Gasteiger partial charge in [0.1, 0.15) is 5.78 Å². The zero-order valence-electron chi connectivity index (χ0n) is 8.17. The molecule has 74 valence electrons. The Morgan fingerprint density at radius 1 is 1.69 bits per heavy atom. The number of carboxylic acids is 1. The van der Waals surface area contributed by atoms with Crippen molar-refractivity contribution in [3.63, 3.8) is 0 Å². The highest BCUT2D eigenvalue weighted by atomic mass is 16.4. The molecule has 13 heavy (non-hydrogen) atoms. The van der Waals surface area contributed by atoms with Gasteiger partial charge < -0.3 is 5.11 Å². The maximum absolute atomic E-state index is 11.2. The summed E-state index contributed by atoms with van der Waals surface area (Å²) in [6.07, 6.45) is 2.05. The first kappa shape index (κ1) is 10.2. The predicted octanol–water partition coefficient (Wildman–Crippen LogP) is 1.86. The summed E-state index contributed by atoms with van der Waals surface area (Å²) in [4.78, 5) is 22.3. The maximum atomic E-state index is 11.2. The molecule has 1 aliphatic rings. The second kappa shape index (κ2) is 3.48. The average molecular weight is 184 g/mol. The Labute approximate surface area is 78.1 Å². The lowest BCUT2D eigenvalue weighted by Gasteiger charge is -2.37. The molecule has 1 aliphatic carbocycles. The number of Topliss-reactive ketones (excluding diaryl/α,β-unsaturated/α-hetero) is 1. The van der Waals surface area contributed by atoms with Crippen molar-refractivity contribution in [1.29, 1.82) is 0 Å². The molecule has 0 amide bonds. The Bertz CT molecular complexity index is 234. The van der Waals surface area contributed by atoms with Crippen LogP contribution in [0, 0.1) is 11.3 Å². The Balaban J connectivity index is 2.93. The van der Waals surface area contributed by atoms with Crippen LogP contribution in [0.15, 0.2) is 0 Å². The molecule has 0 radical (unpaired) electrons. The van der Waals surface area contributed by atoms with Crippen molar-refractivity contribution in [2.75, 3.05) is 0 Å². The summed E-state index contributed by atoms with van der Waals surface area (Å²) in [7, 11) is 0. The van der Waals surface area contributed by atoms with Gasteiger partial charge >= 0.3 is 5.97 Å². The number of carbonyl (C=O) groups excluding carboxylic acids is 1. The van der Waals surface area contributed by atoms with Gasteiger partial charge in [-0.1, -0.05) is 13.8 Å². The van der Waals surface area contributed by atoms with E-state index in [1.165, 1.54) is 0 Å². The second-order valence-corrected chi connectivity index (χ2v) is 3.97. The van der Waals surface area contributed by atoms with Crippen molar-refractivity contribution in [2.24, 2.45) is 11.3 Å². The monoisotopic (exact) mass is 184 g/mol. The molecular formula is C10H16O3. The van der Waals surface area contributed by atoms with E-state index in [0.717, 1.165) is 6.42 Å². The fraction of sp³-hybridized carbons (Fsp3) is 0.800. The molecule has 0 heterocycles. The van der Waals surface area contributed by atoms with Crippen LogP contribution in [0.3, 0.4) is 0 Å². The molecule has 0 aromatic carbocycles. The van der Waals surface area contributed by atoms with E-state index in [1.807, 2.05) is 13.8 Å².